The zero-order valence-electron chi connectivity index (χ0n) is 12.6. The smallest absolute Gasteiger partial charge is 0.248 e. The Morgan fingerprint density at radius 2 is 1.75 bits per heavy atom. The van der Waals surface area contributed by atoms with Gasteiger partial charge in [-0.3, -0.25) is 9.52 Å². The van der Waals surface area contributed by atoms with Crippen LogP contribution in [0.5, 0.6) is 0 Å². The van der Waals surface area contributed by atoms with E-state index in [2.05, 4.69) is 10.0 Å². The van der Waals surface area contributed by atoms with Crippen molar-refractivity contribution in [2.24, 2.45) is 0 Å². The van der Waals surface area contributed by atoms with E-state index in [1.165, 1.54) is 12.1 Å². The first-order valence-corrected chi connectivity index (χ1v) is 9.40. The lowest BCUT2D eigenvalue weighted by molar-refractivity contribution is -0.111. The van der Waals surface area contributed by atoms with Gasteiger partial charge in [-0.1, -0.05) is 35.3 Å². The van der Waals surface area contributed by atoms with E-state index in [0.29, 0.717) is 21.4 Å². The maximum Gasteiger partial charge on any atom is 0.248 e. The molecule has 0 radical (unpaired) electrons. The van der Waals surface area contributed by atoms with Gasteiger partial charge in [-0.05, 0) is 42.0 Å². The van der Waals surface area contributed by atoms with Crippen molar-refractivity contribution in [3.8, 4) is 0 Å². The summed E-state index contributed by atoms with van der Waals surface area (Å²) < 4.78 is 24.6. The summed E-state index contributed by atoms with van der Waals surface area (Å²) in [6.45, 7) is 0. The zero-order valence-corrected chi connectivity index (χ0v) is 14.9. The fraction of sp³-hybridized carbons (Fsp3) is 0.0625. The van der Waals surface area contributed by atoms with Crippen molar-refractivity contribution in [1.82, 2.24) is 0 Å². The van der Waals surface area contributed by atoms with Crippen LogP contribution in [0.2, 0.25) is 10.0 Å². The Balaban J connectivity index is 2.01. The molecule has 0 aliphatic heterocycles. The van der Waals surface area contributed by atoms with Crippen LogP contribution in [-0.2, 0) is 14.8 Å². The number of carbonyl (C=O) groups is 1. The number of halogens is 2. The highest BCUT2D eigenvalue weighted by Crippen LogP contribution is 2.25. The number of hydrogen-bond acceptors (Lipinski definition) is 3. The van der Waals surface area contributed by atoms with Crippen LogP contribution in [-0.4, -0.2) is 20.6 Å². The highest BCUT2D eigenvalue weighted by Gasteiger charge is 2.04. The Kier molecular flexibility index (Phi) is 5.88. The van der Waals surface area contributed by atoms with Crippen LogP contribution in [0, 0.1) is 0 Å². The van der Waals surface area contributed by atoms with E-state index in [1.54, 1.807) is 42.5 Å². The molecule has 2 aromatic carbocycles. The summed E-state index contributed by atoms with van der Waals surface area (Å²) in [5.74, 6) is -0.349. The molecular formula is C16H14Cl2N2O3S. The van der Waals surface area contributed by atoms with Gasteiger partial charge in [0.2, 0.25) is 15.9 Å². The van der Waals surface area contributed by atoms with Crippen molar-refractivity contribution in [2.45, 2.75) is 0 Å². The van der Waals surface area contributed by atoms with Crippen LogP contribution < -0.4 is 10.0 Å². The van der Waals surface area contributed by atoms with Gasteiger partial charge in [-0.25, -0.2) is 8.42 Å². The van der Waals surface area contributed by atoms with Crippen LogP contribution >= 0.6 is 23.2 Å². The molecule has 2 rings (SSSR count). The van der Waals surface area contributed by atoms with E-state index in [9.17, 15) is 13.2 Å². The molecule has 126 valence electrons. The summed E-state index contributed by atoms with van der Waals surface area (Å²) in [7, 11) is -3.31. The minimum atomic E-state index is -3.31. The molecule has 0 aromatic heterocycles. The lowest BCUT2D eigenvalue weighted by Crippen LogP contribution is -2.09. The second kappa shape index (κ2) is 7.70. The molecule has 0 atom stereocenters. The van der Waals surface area contributed by atoms with Gasteiger partial charge >= 0.3 is 0 Å². The van der Waals surface area contributed by atoms with Gasteiger partial charge in [-0.15, -0.1) is 0 Å². The highest BCUT2D eigenvalue weighted by molar-refractivity contribution is 7.92. The topological polar surface area (TPSA) is 75.3 Å². The van der Waals surface area contributed by atoms with Gasteiger partial charge in [0, 0.05) is 16.8 Å². The van der Waals surface area contributed by atoms with Crippen molar-refractivity contribution in [3.63, 3.8) is 0 Å². The minimum absolute atomic E-state index is 0.348. The summed E-state index contributed by atoms with van der Waals surface area (Å²) in [5, 5.41) is 3.47. The molecule has 2 N–H and O–H groups in total. The van der Waals surface area contributed by atoms with Gasteiger partial charge in [0.25, 0.3) is 0 Å². The zero-order chi connectivity index (χ0) is 17.7. The maximum atomic E-state index is 11.9. The first-order chi connectivity index (χ1) is 11.2. The Morgan fingerprint density at radius 3 is 2.33 bits per heavy atom. The van der Waals surface area contributed by atoms with E-state index in [4.69, 9.17) is 23.2 Å². The molecule has 8 heteroatoms. The first-order valence-electron chi connectivity index (χ1n) is 6.75. The molecule has 0 saturated heterocycles. The van der Waals surface area contributed by atoms with E-state index in [0.717, 1.165) is 11.8 Å². The van der Waals surface area contributed by atoms with E-state index < -0.39 is 10.0 Å². The second-order valence-electron chi connectivity index (χ2n) is 4.94. The van der Waals surface area contributed by atoms with Crippen molar-refractivity contribution in [3.05, 3.63) is 64.1 Å². The summed E-state index contributed by atoms with van der Waals surface area (Å²) in [6.07, 6.45) is 4.03. The number of carbonyl (C=O) groups excluding carboxylic acids is 1. The summed E-state index contributed by atoms with van der Waals surface area (Å²) in [5.41, 5.74) is 1.65. The number of amides is 1. The standard InChI is InChI=1S/C16H14Cl2N2O3S/c1-24(22,23)20-13-6-2-11(3-7-13)4-9-16(21)19-15-8-5-12(17)10-14(15)18/h2-10,20H,1H3,(H,19,21)/b9-4+. The minimum Gasteiger partial charge on any atom is -0.321 e. The molecule has 0 fully saturated rings. The Hall–Kier alpha value is -2.02. The molecule has 0 unspecified atom stereocenters. The van der Waals surface area contributed by atoms with E-state index in [-0.39, 0.29) is 5.91 Å². The predicted molar refractivity (Wildman–Crippen MR) is 99.0 cm³/mol. The van der Waals surface area contributed by atoms with Gasteiger partial charge in [0.1, 0.15) is 0 Å². The number of anilines is 2. The SMILES string of the molecule is CS(=O)(=O)Nc1ccc(/C=C/C(=O)Nc2ccc(Cl)cc2Cl)cc1. The first kappa shape index (κ1) is 18.3. The third kappa shape index (κ3) is 5.88. The predicted octanol–water partition coefficient (Wildman–Crippen LogP) is 4.02. The second-order valence-corrected chi connectivity index (χ2v) is 7.54. The van der Waals surface area contributed by atoms with Crippen LogP contribution in [0.15, 0.2) is 48.5 Å². The number of rotatable bonds is 5. The Morgan fingerprint density at radius 1 is 1.08 bits per heavy atom. The van der Waals surface area contributed by atoms with Gasteiger partial charge in [-0.2, -0.15) is 0 Å². The fourth-order valence-electron chi connectivity index (χ4n) is 1.81. The summed E-state index contributed by atoms with van der Waals surface area (Å²) >= 11 is 11.8. The van der Waals surface area contributed by atoms with Crippen molar-refractivity contribution in [2.75, 3.05) is 16.3 Å². The lowest BCUT2D eigenvalue weighted by Gasteiger charge is -2.05. The number of sulfonamides is 1. The molecule has 0 aliphatic rings. The number of hydrogen-bond donors (Lipinski definition) is 2. The van der Waals surface area contributed by atoms with Crippen molar-refractivity contribution >= 4 is 56.6 Å². The maximum absolute atomic E-state index is 11.9. The van der Waals surface area contributed by atoms with Gasteiger partial charge in [0.15, 0.2) is 0 Å². The summed E-state index contributed by atoms with van der Waals surface area (Å²) in [4.78, 5) is 11.9. The molecule has 0 saturated carbocycles. The molecule has 24 heavy (non-hydrogen) atoms. The molecular weight excluding hydrogens is 371 g/mol. The Labute approximate surface area is 150 Å². The molecule has 5 nitrogen and oxygen atoms in total. The monoisotopic (exact) mass is 384 g/mol. The van der Waals surface area contributed by atoms with Crippen molar-refractivity contribution in [1.29, 1.82) is 0 Å². The largest absolute Gasteiger partial charge is 0.321 e. The average Bonchev–Trinajstić information content (AvgIpc) is 2.48. The Bertz CT molecular complexity index is 879. The fourth-order valence-corrected chi connectivity index (χ4v) is 2.83. The molecule has 0 heterocycles. The van der Waals surface area contributed by atoms with Crippen LogP contribution in [0.3, 0.4) is 0 Å². The molecule has 1 amide bonds. The molecule has 0 spiro atoms. The third-order valence-corrected chi connectivity index (χ3v) is 3.98. The molecule has 2 aromatic rings. The van der Waals surface area contributed by atoms with E-state index >= 15 is 0 Å². The van der Waals surface area contributed by atoms with Gasteiger partial charge in [0.05, 0.1) is 17.0 Å². The molecule has 0 bridgehead atoms. The van der Waals surface area contributed by atoms with Crippen LogP contribution in [0.1, 0.15) is 5.56 Å². The van der Waals surface area contributed by atoms with Crippen LogP contribution in [0.4, 0.5) is 11.4 Å². The number of nitrogens with one attached hydrogen (secondary N) is 2. The quantitative estimate of drug-likeness (QED) is 0.764. The van der Waals surface area contributed by atoms with Crippen molar-refractivity contribution < 1.29 is 13.2 Å². The van der Waals surface area contributed by atoms with E-state index in [1.807, 2.05) is 0 Å². The molecule has 0 aliphatic carbocycles. The average molecular weight is 385 g/mol. The van der Waals surface area contributed by atoms with Gasteiger partial charge < -0.3 is 5.32 Å². The normalized spacial score (nSPS) is 11.5. The van der Waals surface area contributed by atoms with Crippen LogP contribution in [0.25, 0.3) is 6.08 Å². The third-order valence-electron chi connectivity index (χ3n) is 2.83. The lowest BCUT2D eigenvalue weighted by atomic mass is 10.2. The summed E-state index contributed by atoms with van der Waals surface area (Å²) in [6, 6.07) is 11.4. The number of benzene rings is 2. The highest BCUT2D eigenvalue weighted by atomic mass is 35.5.